The molecule has 1 unspecified atom stereocenters. The van der Waals surface area contributed by atoms with Crippen LogP contribution in [0, 0.1) is 0 Å². The van der Waals surface area contributed by atoms with Crippen LogP contribution < -0.4 is 10.3 Å². The van der Waals surface area contributed by atoms with E-state index in [1.807, 2.05) is 25.3 Å². The Morgan fingerprint density at radius 2 is 1.91 bits per heavy atom. The van der Waals surface area contributed by atoms with Crippen LogP contribution in [-0.4, -0.2) is 31.4 Å². The van der Waals surface area contributed by atoms with Crippen LogP contribution in [0.15, 0.2) is 35.6 Å². The summed E-state index contributed by atoms with van der Waals surface area (Å²) >= 11 is 0. The molecule has 0 aliphatic carbocycles. The predicted octanol–water partition coefficient (Wildman–Crippen LogP) is 2.19. The van der Waals surface area contributed by atoms with E-state index in [0.29, 0.717) is 16.7 Å². The molecule has 120 valence electrons. The van der Waals surface area contributed by atoms with Crippen molar-refractivity contribution in [2.75, 3.05) is 7.11 Å². The van der Waals surface area contributed by atoms with Gasteiger partial charge < -0.3 is 9.30 Å². The zero-order valence-corrected chi connectivity index (χ0v) is 13.6. The normalized spacial score (nSPS) is 12.7. The van der Waals surface area contributed by atoms with Gasteiger partial charge in [-0.25, -0.2) is 4.98 Å². The Kier molecular flexibility index (Phi) is 3.85. The molecule has 7 heteroatoms. The second-order valence-electron chi connectivity index (χ2n) is 5.71. The SMILES string of the molecule is COc1ccc2ncn(C(C)c3nncn3C(C)C)c(=O)c2c1. The van der Waals surface area contributed by atoms with E-state index in [1.165, 1.54) is 0 Å². The second-order valence-corrected chi connectivity index (χ2v) is 5.71. The number of nitrogens with zero attached hydrogens (tertiary/aromatic N) is 5. The fourth-order valence-electron chi connectivity index (χ4n) is 2.59. The molecular formula is C16H19N5O2. The van der Waals surface area contributed by atoms with Gasteiger partial charge in [0.15, 0.2) is 5.82 Å². The van der Waals surface area contributed by atoms with Crippen molar-refractivity contribution in [3.63, 3.8) is 0 Å². The van der Waals surface area contributed by atoms with E-state index in [-0.39, 0.29) is 17.6 Å². The first-order valence-electron chi connectivity index (χ1n) is 7.47. The van der Waals surface area contributed by atoms with Gasteiger partial charge in [-0.1, -0.05) is 0 Å². The van der Waals surface area contributed by atoms with Crippen LogP contribution in [0.3, 0.4) is 0 Å². The van der Waals surface area contributed by atoms with Crippen molar-refractivity contribution in [1.82, 2.24) is 24.3 Å². The number of aromatic nitrogens is 5. The smallest absolute Gasteiger partial charge is 0.261 e. The quantitative estimate of drug-likeness (QED) is 0.738. The van der Waals surface area contributed by atoms with E-state index >= 15 is 0 Å². The predicted molar refractivity (Wildman–Crippen MR) is 86.8 cm³/mol. The molecule has 0 aliphatic heterocycles. The summed E-state index contributed by atoms with van der Waals surface area (Å²) in [5.41, 5.74) is 0.518. The summed E-state index contributed by atoms with van der Waals surface area (Å²) in [7, 11) is 1.57. The van der Waals surface area contributed by atoms with Crippen molar-refractivity contribution in [2.45, 2.75) is 32.9 Å². The van der Waals surface area contributed by atoms with Gasteiger partial charge in [-0.05, 0) is 39.0 Å². The number of fused-ring (bicyclic) bond motifs is 1. The van der Waals surface area contributed by atoms with Crippen LogP contribution in [0.2, 0.25) is 0 Å². The van der Waals surface area contributed by atoms with Gasteiger partial charge in [0.1, 0.15) is 12.1 Å². The monoisotopic (exact) mass is 313 g/mol. The molecule has 2 aromatic heterocycles. The Labute approximate surface area is 133 Å². The van der Waals surface area contributed by atoms with Gasteiger partial charge in [0.05, 0.1) is 30.4 Å². The van der Waals surface area contributed by atoms with E-state index in [2.05, 4.69) is 15.2 Å². The Hall–Kier alpha value is -2.70. The molecular weight excluding hydrogens is 294 g/mol. The van der Waals surface area contributed by atoms with Crippen LogP contribution in [0.1, 0.15) is 38.7 Å². The third-order valence-corrected chi connectivity index (χ3v) is 3.94. The molecule has 0 spiro atoms. The van der Waals surface area contributed by atoms with Gasteiger partial charge >= 0.3 is 0 Å². The van der Waals surface area contributed by atoms with Gasteiger partial charge in [0.2, 0.25) is 0 Å². The fourth-order valence-corrected chi connectivity index (χ4v) is 2.59. The van der Waals surface area contributed by atoms with Gasteiger partial charge in [-0.15, -0.1) is 10.2 Å². The minimum Gasteiger partial charge on any atom is -0.497 e. The lowest BCUT2D eigenvalue weighted by Crippen LogP contribution is -2.26. The highest BCUT2D eigenvalue weighted by atomic mass is 16.5. The first-order valence-corrected chi connectivity index (χ1v) is 7.47. The summed E-state index contributed by atoms with van der Waals surface area (Å²) in [6, 6.07) is 5.22. The Balaban J connectivity index is 2.14. The third kappa shape index (κ3) is 2.58. The Morgan fingerprint density at radius 3 is 2.61 bits per heavy atom. The molecule has 23 heavy (non-hydrogen) atoms. The standard InChI is InChI=1S/C16H19N5O2/c1-10(2)20-9-18-19-15(20)11(3)21-8-17-14-6-5-12(23-4)7-13(14)16(21)22/h5-11H,1-4H3. The van der Waals surface area contributed by atoms with E-state index in [4.69, 9.17) is 4.74 Å². The molecule has 3 aromatic rings. The van der Waals surface area contributed by atoms with E-state index in [1.54, 1.807) is 42.5 Å². The van der Waals surface area contributed by atoms with Crippen LogP contribution in [-0.2, 0) is 0 Å². The van der Waals surface area contributed by atoms with Gasteiger partial charge in [0, 0.05) is 6.04 Å². The summed E-state index contributed by atoms with van der Waals surface area (Å²) in [6.45, 7) is 6.01. The highest BCUT2D eigenvalue weighted by Crippen LogP contribution is 2.20. The molecule has 2 heterocycles. The molecule has 0 amide bonds. The minimum atomic E-state index is -0.268. The lowest BCUT2D eigenvalue weighted by molar-refractivity contribution is 0.415. The Morgan fingerprint density at radius 1 is 1.13 bits per heavy atom. The molecule has 0 aliphatic rings. The van der Waals surface area contributed by atoms with E-state index in [0.717, 1.165) is 5.82 Å². The fraction of sp³-hybridized carbons (Fsp3) is 0.375. The molecule has 1 aromatic carbocycles. The molecule has 0 saturated heterocycles. The van der Waals surface area contributed by atoms with Crippen LogP contribution in [0.5, 0.6) is 5.75 Å². The van der Waals surface area contributed by atoms with Gasteiger partial charge in [-0.2, -0.15) is 0 Å². The highest BCUT2D eigenvalue weighted by molar-refractivity contribution is 5.78. The average molecular weight is 313 g/mol. The van der Waals surface area contributed by atoms with E-state index < -0.39 is 0 Å². The molecule has 0 bridgehead atoms. The number of benzene rings is 1. The molecule has 0 fully saturated rings. The highest BCUT2D eigenvalue weighted by Gasteiger charge is 2.19. The Bertz CT molecular complexity index is 897. The second kappa shape index (κ2) is 5.83. The molecule has 0 radical (unpaired) electrons. The van der Waals surface area contributed by atoms with Crippen LogP contribution in [0.4, 0.5) is 0 Å². The van der Waals surface area contributed by atoms with E-state index in [9.17, 15) is 4.79 Å². The van der Waals surface area contributed by atoms with Crippen LogP contribution >= 0.6 is 0 Å². The van der Waals surface area contributed by atoms with Crippen molar-refractivity contribution in [1.29, 1.82) is 0 Å². The lowest BCUT2D eigenvalue weighted by atomic mass is 10.2. The number of methoxy groups -OCH3 is 1. The molecule has 1 atom stereocenters. The molecule has 3 rings (SSSR count). The van der Waals surface area contributed by atoms with Crippen molar-refractivity contribution in [3.05, 3.63) is 47.0 Å². The largest absolute Gasteiger partial charge is 0.497 e. The number of rotatable bonds is 4. The first-order chi connectivity index (χ1) is 11.0. The third-order valence-electron chi connectivity index (χ3n) is 3.94. The zero-order chi connectivity index (χ0) is 16.6. The van der Waals surface area contributed by atoms with Crippen molar-refractivity contribution in [2.24, 2.45) is 0 Å². The maximum atomic E-state index is 12.8. The van der Waals surface area contributed by atoms with Crippen molar-refractivity contribution >= 4 is 10.9 Å². The molecule has 0 N–H and O–H groups in total. The van der Waals surface area contributed by atoms with Gasteiger partial charge in [-0.3, -0.25) is 9.36 Å². The zero-order valence-electron chi connectivity index (χ0n) is 13.6. The van der Waals surface area contributed by atoms with Crippen LogP contribution in [0.25, 0.3) is 10.9 Å². The summed E-state index contributed by atoms with van der Waals surface area (Å²) in [5, 5.41) is 8.66. The topological polar surface area (TPSA) is 74.8 Å². The van der Waals surface area contributed by atoms with Gasteiger partial charge in [0.25, 0.3) is 5.56 Å². The number of hydrogen-bond acceptors (Lipinski definition) is 5. The summed E-state index contributed by atoms with van der Waals surface area (Å²) in [5.74, 6) is 1.36. The van der Waals surface area contributed by atoms with Crippen molar-refractivity contribution in [3.8, 4) is 5.75 Å². The molecule has 7 nitrogen and oxygen atoms in total. The molecule has 0 saturated carbocycles. The number of ether oxygens (including phenoxy) is 1. The minimum absolute atomic E-state index is 0.125. The summed E-state index contributed by atoms with van der Waals surface area (Å²) < 4.78 is 8.72. The first kappa shape index (κ1) is 15.2. The number of hydrogen-bond donors (Lipinski definition) is 0. The lowest BCUT2D eigenvalue weighted by Gasteiger charge is -2.17. The maximum Gasteiger partial charge on any atom is 0.261 e. The maximum absolute atomic E-state index is 12.8. The summed E-state index contributed by atoms with van der Waals surface area (Å²) in [4.78, 5) is 17.2. The summed E-state index contributed by atoms with van der Waals surface area (Å²) in [6.07, 6.45) is 3.24. The average Bonchev–Trinajstić information content (AvgIpc) is 3.04. The van der Waals surface area contributed by atoms with Crippen molar-refractivity contribution < 1.29 is 4.74 Å².